The standard InChI is InChI=1S/C11H22N2O2/c1-6-8(14)13-9(11(3,4)5)10(15)12-7-2/h9H,6-7H2,1-5H3,(H,12,15)(H,13,14). The van der Waals surface area contributed by atoms with E-state index in [-0.39, 0.29) is 17.2 Å². The molecule has 0 bridgehead atoms. The summed E-state index contributed by atoms with van der Waals surface area (Å²) in [6.07, 6.45) is 0.395. The minimum Gasteiger partial charge on any atom is -0.355 e. The number of hydrogen-bond acceptors (Lipinski definition) is 2. The molecule has 1 unspecified atom stereocenters. The molecule has 0 aliphatic heterocycles. The maximum absolute atomic E-state index is 11.7. The number of hydrogen-bond donors (Lipinski definition) is 2. The van der Waals surface area contributed by atoms with E-state index in [9.17, 15) is 9.59 Å². The van der Waals surface area contributed by atoms with Crippen molar-refractivity contribution in [2.75, 3.05) is 6.54 Å². The molecule has 4 heteroatoms. The molecule has 1 atom stereocenters. The molecule has 15 heavy (non-hydrogen) atoms. The van der Waals surface area contributed by atoms with Crippen LogP contribution in [-0.4, -0.2) is 24.4 Å². The van der Waals surface area contributed by atoms with Crippen molar-refractivity contribution >= 4 is 11.8 Å². The maximum Gasteiger partial charge on any atom is 0.243 e. The van der Waals surface area contributed by atoms with Gasteiger partial charge < -0.3 is 10.6 Å². The largest absolute Gasteiger partial charge is 0.355 e. The average molecular weight is 214 g/mol. The Hall–Kier alpha value is -1.06. The second-order valence-electron chi connectivity index (χ2n) is 4.61. The first-order valence-corrected chi connectivity index (χ1v) is 5.40. The number of rotatable bonds is 4. The van der Waals surface area contributed by atoms with Crippen molar-refractivity contribution in [3.8, 4) is 0 Å². The van der Waals surface area contributed by atoms with E-state index in [1.807, 2.05) is 27.7 Å². The van der Waals surface area contributed by atoms with Gasteiger partial charge in [-0.2, -0.15) is 0 Å². The average Bonchev–Trinajstić information content (AvgIpc) is 2.12. The van der Waals surface area contributed by atoms with E-state index in [0.29, 0.717) is 13.0 Å². The Bertz CT molecular complexity index is 231. The van der Waals surface area contributed by atoms with E-state index in [4.69, 9.17) is 0 Å². The summed E-state index contributed by atoms with van der Waals surface area (Å²) < 4.78 is 0. The first kappa shape index (κ1) is 13.9. The van der Waals surface area contributed by atoms with Crippen molar-refractivity contribution in [3.05, 3.63) is 0 Å². The first-order chi connectivity index (χ1) is 6.82. The van der Waals surface area contributed by atoms with E-state index < -0.39 is 6.04 Å². The summed E-state index contributed by atoms with van der Waals surface area (Å²) in [5.74, 6) is -0.215. The Labute approximate surface area is 91.8 Å². The molecular formula is C11H22N2O2. The lowest BCUT2D eigenvalue weighted by Gasteiger charge is -2.30. The minimum absolute atomic E-state index is 0.0961. The molecule has 88 valence electrons. The number of nitrogens with one attached hydrogen (secondary N) is 2. The van der Waals surface area contributed by atoms with E-state index in [2.05, 4.69) is 10.6 Å². The third-order valence-corrected chi connectivity index (χ3v) is 2.11. The highest BCUT2D eigenvalue weighted by Crippen LogP contribution is 2.19. The van der Waals surface area contributed by atoms with Gasteiger partial charge in [0.05, 0.1) is 0 Å². The van der Waals surface area contributed by atoms with Crippen molar-refractivity contribution in [2.45, 2.75) is 47.1 Å². The van der Waals surface area contributed by atoms with Gasteiger partial charge in [0.1, 0.15) is 6.04 Å². The Morgan fingerprint density at radius 1 is 1.20 bits per heavy atom. The van der Waals surface area contributed by atoms with E-state index in [1.165, 1.54) is 0 Å². The van der Waals surface area contributed by atoms with Crippen LogP contribution in [0.2, 0.25) is 0 Å². The molecule has 0 aromatic carbocycles. The second kappa shape index (κ2) is 5.73. The zero-order valence-electron chi connectivity index (χ0n) is 10.3. The predicted octanol–water partition coefficient (Wildman–Crippen LogP) is 1.06. The molecule has 0 aliphatic carbocycles. The molecule has 0 aliphatic rings. The maximum atomic E-state index is 11.7. The number of carbonyl (C=O) groups excluding carboxylic acids is 2. The number of likely N-dealkylation sites (N-methyl/N-ethyl adjacent to an activating group) is 1. The van der Waals surface area contributed by atoms with Gasteiger partial charge in [-0.15, -0.1) is 0 Å². The molecule has 4 nitrogen and oxygen atoms in total. The van der Waals surface area contributed by atoms with Gasteiger partial charge in [0.2, 0.25) is 11.8 Å². The lowest BCUT2D eigenvalue weighted by molar-refractivity contribution is -0.131. The lowest BCUT2D eigenvalue weighted by Crippen LogP contribution is -2.53. The van der Waals surface area contributed by atoms with Crippen molar-refractivity contribution < 1.29 is 9.59 Å². The summed E-state index contributed by atoms with van der Waals surface area (Å²) in [7, 11) is 0. The molecular weight excluding hydrogens is 192 g/mol. The van der Waals surface area contributed by atoms with Crippen LogP contribution in [0.5, 0.6) is 0 Å². The topological polar surface area (TPSA) is 58.2 Å². The van der Waals surface area contributed by atoms with Crippen LogP contribution in [0.15, 0.2) is 0 Å². The van der Waals surface area contributed by atoms with Crippen LogP contribution in [-0.2, 0) is 9.59 Å². The molecule has 0 radical (unpaired) electrons. The molecule has 2 N–H and O–H groups in total. The first-order valence-electron chi connectivity index (χ1n) is 5.40. The van der Waals surface area contributed by atoms with Crippen LogP contribution < -0.4 is 10.6 Å². The van der Waals surface area contributed by atoms with Crippen LogP contribution in [0.4, 0.5) is 0 Å². The zero-order chi connectivity index (χ0) is 12.1. The van der Waals surface area contributed by atoms with Crippen LogP contribution in [0.3, 0.4) is 0 Å². The van der Waals surface area contributed by atoms with E-state index >= 15 is 0 Å². The molecule has 2 amide bonds. The summed E-state index contributed by atoms with van der Waals surface area (Å²) in [4.78, 5) is 23.0. The quantitative estimate of drug-likeness (QED) is 0.735. The second-order valence-corrected chi connectivity index (χ2v) is 4.61. The summed E-state index contributed by atoms with van der Waals surface area (Å²) in [6.45, 7) is 10.0. The Kier molecular flexibility index (Phi) is 5.33. The highest BCUT2D eigenvalue weighted by Gasteiger charge is 2.31. The Morgan fingerprint density at radius 2 is 1.73 bits per heavy atom. The van der Waals surface area contributed by atoms with Gasteiger partial charge in [-0.25, -0.2) is 0 Å². The minimum atomic E-state index is -0.468. The molecule has 0 spiro atoms. The summed E-state index contributed by atoms with van der Waals surface area (Å²) in [5, 5.41) is 5.47. The Balaban J connectivity index is 4.59. The van der Waals surface area contributed by atoms with Gasteiger partial charge in [-0.3, -0.25) is 9.59 Å². The van der Waals surface area contributed by atoms with Crippen molar-refractivity contribution in [3.63, 3.8) is 0 Å². The monoisotopic (exact) mass is 214 g/mol. The van der Waals surface area contributed by atoms with Gasteiger partial charge >= 0.3 is 0 Å². The van der Waals surface area contributed by atoms with Crippen LogP contribution in [0.25, 0.3) is 0 Å². The molecule has 0 fully saturated rings. The van der Waals surface area contributed by atoms with Crippen molar-refractivity contribution in [1.82, 2.24) is 10.6 Å². The van der Waals surface area contributed by atoms with Crippen LogP contribution in [0.1, 0.15) is 41.0 Å². The fraction of sp³-hybridized carbons (Fsp3) is 0.818. The molecule has 0 saturated heterocycles. The van der Waals surface area contributed by atoms with Crippen LogP contribution >= 0.6 is 0 Å². The SMILES string of the molecule is CCNC(=O)C(NC(=O)CC)C(C)(C)C. The third-order valence-electron chi connectivity index (χ3n) is 2.11. The molecule has 0 aromatic rings. The summed E-state index contributed by atoms with van der Waals surface area (Å²) >= 11 is 0. The highest BCUT2D eigenvalue weighted by atomic mass is 16.2. The lowest BCUT2D eigenvalue weighted by atomic mass is 9.86. The molecule has 0 saturated carbocycles. The molecule has 0 aromatic heterocycles. The Morgan fingerprint density at radius 3 is 2.07 bits per heavy atom. The van der Waals surface area contributed by atoms with Gasteiger partial charge in [0.15, 0.2) is 0 Å². The normalized spacial score (nSPS) is 13.1. The van der Waals surface area contributed by atoms with Gasteiger partial charge in [-0.1, -0.05) is 27.7 Å². The molecule has 0 heterocycles. The molecule has 0 rings (SSSR count). The van der Waals surface area contributed by atoms with Gasteiger partial charge in [0, 0.05) is 13.0 Å². The van der Waals surface area contributed by atoms with Crippen molar-refractivity contribution in [1.29, 1.82) is 0 Å². The fourth-order valence-electron chi connectivity index (χ4n) is 1.21. The van der Waals surface area contributed by atoms with Gasteiger partial charge in [0.25, 0.3) is 0 Å². The number of amides is 2. The zero-order valence-corrected chi connectivity index (χ0v) is 10.3. The van der Waals surface area contributed by atoms with Crippen molar-refractivity contribution in [2.24, 2.45) is 5.41 Å². The van der Waals surface area contributed by atoms with Gasteiger partial charge in [-0.05, 0) is 12.3 Å². The van der Waals surface area contributed by atoms with E-state index in [1.54, 1.807) is 6.92 Å². The highest BCUT2D eigenvalue weighted by molar-refractivity contribution is 5.88. The smallest absolute Gasteiger partial charge is 0.243 e. The van der Waals surface area contributed by atoms with Crippen LogP contribution in [0, 0.1) is 5.41 Å². The fourth-order valence-corrected chi connectivity index (χ4v) is 1.21. The summed E-state index contributed by atoms with van der Waals surface area (Å²) in [6, 6.07) is -0.468. The number of carbonyl (C=O) groups is 2. The third kappa shape index (κ3) is 4.81. The van der Waals surface area contributed by atoms with E-state index in [0.717, 1.165) is 0 Å². The summed E-state index contributed by atoms with van der Waals surface area (Å²) in [5.41, 5.74) is -0.274. The predicted molar refractivity (Wildman–Crippen MR) is 60.4 cm³/mol.